The zero-order valence-corrected chi connectivity index (χ0v) is 25.4. The second-order valence-corrected chi connectivity index (χ2v) is 12.8. The highest BCUT2D eigenvalue weighted by atomic mass is 32.1. The van der Waals surface area contributed by atoms with Crippen molar-refractivity contribution in [3.63, 3.8) is 0 Å². The lowest BCUT2D eigenvalue weighted by Gasteiger charge is -2.08. The third-order valence-electron chi connectivity index (χ3n) is 9.15. The van der Waals surface area contributed by atoms with Crippen LogP contribution in [0.4, 0.5) is 0 Å². The maximum atomic E-state index is 6.48. The molecule has 0 saturated carbocycles. The SMILES string of the molecule is c1cc(-c2ccc(-c3cccc4c3sc3ccccc34)cc2)cc(-c2cnc3c(n2)oc2c4ccccc4c4ccccc4c32)c1. The molecular formula is C42H24N2OS. The van der Waals surface area contributed by atoms with Crippen LogP contribution in [0.3, 0.4) is 0 Å². The molecule has 3 aromatic heterocycles. The number of hydrogen-bond acceptors (Lipinski definition) is 4. The van der Waals surface area contributed by atoms with Gasteiger partial charge in [-0.2, -0.15) is 0 Å². The normalized spacial score (nSPS) is 11.9. The van der Waals surface area contributed by atoms with Crippen LogP contribution in [-0.4, -0.2) is 9.97 Å². The number of thiophene rings is 1. The summed E-state index contributed by atoms with van der Waals surface area (Å²) in [4.78, 5) is 9.94. The van der Waals surface area contributed by atoms with Gasteiger partial charge in [-0.1, -0.05) is 127 Å². The van der Waals surface area contributed by atoms with Gasteiger partial charge in [0.25, 0.3) is 0 Å². The summed E-state index contributed by atoms with van der Waals surface area (Å²) < 4.78 is 9.14. The molecule has 3 nitrogen and oxygen atoms in total. The van der Waals surface area contributed by atoms with Crippen LogP contribution in [-0.2, 0) is 0 Å². The zero-order valence-electron chi connectivity index (χ0n) is 24.6. The van der Waals surface area contributed by atoms with Crippen molar-refractivity contribution in [1.29, 1.82) is 0 Å². The minimum atomic E-state index is 0.555. The first-order chi connectivity index (χ1) is 22.8. The van der Waals surface area contributed by atoms with Crippen molar-refractivity contribution in [2.75, 3.05) is 0 Å². The zero-order chi connectivity index (χ0) is 30.2. The van der Waals surface area contributed by atoms with Crippen molar-refractivity contribution in [2.24, 2.45) is 0 Å². The minimum absolute atomic E-state index is 0.555. The molecule has 0 aliphatic heterocycles. The molecule has 0 bridgehead atoms. The standard InChI is InChI=1S/C42H24N2OS/c1-3-14-33-30(11-1)31-12-2-4-15-34(31)40-38(33)39-42(45-40)44-36(24-43-39)28-10-7-9-27(23-28)25-19-21-26(22-20-25)29-16-8-17-35-32-13-5-6-18-37(32)46-41(29)35/h1-24H. The molecule has 46 heavy (non-hydrogen) atoms. The van der Waals surface area contributed by atoms with E-state index in [-0.39, 0.29) is 0 Å². The van der Waals surface area contributed by atoms with E-state index < -0.39 is 0 Å². The van der Waals surface area contributed by atoms with E-state index in [1.807, 2.05) is 17.5 Å². The Balaban J connectivity index is 1.05. The Kier molecular flexibility index (Phi) is 5.45. The maximum Gasteiger partial charge on any atom is 0.246 e. The molecular weight excluding hydrogens is 581 g/mol. The summed E-state index contributed by atoms with van der Waals surface area (Å²) in [5.74, 6) is 0. The quantitative estimate of drug-likeness (QED) is 0.188. The molecule has 0 N–H and O–H groups in total. The molecule has 0 radical (unpaired) electrons. The van der Waals surface area contributed by atoms with Crippen LogP contribution in [0.5, 0.6) is 0 Å². The highest BCUT2D eigenvalue weighted by Crippen LogP contribution is 2.42. The Bertz CT molecular complexity index is 2810. The highest BCUT2D eigenvalue weighted by molar-refractivity contribution is 7.26. The number of fused-ring (bicyclic) bond motifs is 11. The van der Waals surface area contributed by atoms with Crippen LogP contribution in [0.15, 0.2) is 150 Å². The number of aromatic nitrogens is 2. The van der Waals surface area contributed by atoms with Crippen LogP contribution in [0.2, 0.25) is 0 Å². The average molecular weight is 605 g/mol. The van der Waals surface area contributed by atoms with Crippen LogP contribution < -0.4 is 0 Å². The number of benzene rings is 7. The van der Waals surface area contributed by atoms with Crippen molar-refractivity contribution >= 4 is 75.3 Å². The lowest BCUT2D eigenvalue weighted by atomic mass is 9.97. The molecule has 0 fully saturated rings. The van der Waals surface area contributed by atoms with Crippen molar-refractivity contribution in [3.8, 4) is 33.5 Å². The van der Waals surface area contributed by atoms with Gasteiger partial charge in [-0.15, -0.1) is 11.3 Å². The summed E-state index contributed by atoms with van der Waals surface area (Å²) in [6.45, 7) is 0. The monoisotopic (exact) mass is 604 g/mol. The Morgan fingerprint density at radius 1 is 0.500 bits per heavy atom. The molecule has 10 aromatic rings. The van der Waals surface area contributed by atoms with E-state index in [2.05, 4.69) is 140 Å². The first-order valence-corrected chi connectivity index (χ1v) is 16.2. The molecule has 0 saturated heterocycles. The van der Waals surface area contributed by atoms with Gasteiger partial charge in [-0.25, -0.2) is 9.97 Å². The molecule has 0 atom stereocenters. The smallest absolute Gasteiger partial charge is 0.246 e. The van der Waals surface area contributed by atoms with Crippen LogP contribution in [0.1, 0.15) is 0 Å². The lowest BCUT2D eigenvalue weighted by Crippen LogP contribution is -1.88. The van der Waals surface area contributed by atoms with Gasteiger partial charge in [-0.3, -0.25) is 0 Å². The highest BCUT2D eigenvalue weighted by Gasteiger charge is 2.18. The number of furan rings is 1. The van der Waals surface area contributed by atoms with E-state index in [1.165, 1.54) is 42.1 Å². The number of nitrogens with zero attached hydrogens (tertiary/aromatic N) is 2. The molecule has 0 unspecified atom stereocenters. The first-order valence-electron chi connectivity index (χ1n) is 15.4. The van der Waals surface area contributed by atoms with Gasteiger partial charge in [0.2, 0.25) is 5.71 Å². The molecule has 0 amide bonds. The molecule has 214 valence electrons. The Morgan fingerprint density at radius 3 is 2.00 bits per heavy atom. The number of hydrogen-bond donors (Lipinski definition) is 0. The molecule has 0 aliphatic rings. The number of rotatable bonds is 3. The lowest BCUT2D eigenvalue weighted by molar-refractivity contribution is 0.657. The minimum Gasteiger partial charge on any atom is -0.436 e. The van der Waals surface area contributed by atoms with Gasteiger partial charge in [0.05, 0.1) is 17.3 Å². The van der Waals surface area contributed by atoms with Gasteiger partial charge in [-0.05, 0) is 50.5 Å². The third kappa shape index (κ3) is 3.77. The van der Waals surface area contributed by atoms with Gasteiger partial charge in [0.15, 0.2) is 0 Å². The molecule has 4 heteroatoms. The topological polar surface area (TPSA) is 38.9 Å². The molecule has 10 rings (SSSR count). The van der Waals surface area contributed by atoms with Gasteiger partial charge >= 0.3 is 0 Å². The summed E-state index contributed by atoms with van der Waals surface area (Å²) in [5.41, 5.74) is 8.75. The fourth-order valence-corrected chi connectivity index (χ4v) is 8.21. The molecule has 0 spiro atoms. The van der Waals surface area contributed by atoms with E-state index in [0.29, 0.717) is 5.71 Å². The molecule has 0 aliphatic carbocycles. The first kappa shape index (κ1) is 25.5. The van der Waals surface area contributed by atoms with Crippen molar-refractivity contribution in [3.05, 3.63) is 146 Å². The van der Waals surface area contributed by atoms with Gasteiger partial charge < -0.3 is 4.42 Å². The van der Waals surface area contributed by atoms with Crippen LogP contribution in [0, 0.1) is 0 Å². The van der Waals surface area contributed by atoms with E-state index >= 15 is 0 Å². The van der Waals surface area contributed by atoms with E-state index in [4.69, 9.17) is 14.4 Å². The Labute approximate surface area is 268 Å². The second kappa shape index (κ2) is 9.83. The predicted molar refractivity (Wildman–Crippen MR) is 194 cm³/mol. The van der Waals surface area contributed by atoms with Gasteiger partial charge in [0, 0.05) is 31.1 Å². The van der Waals surface area contributed by atoms with E-state index in [0.717, 1.165) is 49.6 Å². The van der Waals surface area contributed by atoms with Crippen LogP contribution >= 0.6 is 11.3 Å². The summed E-state index contributed by atoms with van der Waals surface area (Å²) >= 11 is 1.87. The molecule has 7 aromatic carbocycles. The fraction of sp³-hybridized carbons (Fsp3) is 0. The maximum absolute atomic E-state index is 6.48. The average Bonchev–Trinajstić information content (AvgIpc) is 3.71. The second-order valence-electron chi connectivity index (χ2n) is 11.7. The van der Waals surface area contributed by atoms with Crippen LogP contribution in [0.25, 0.3) is 97.4 Å². The fourth-order valence-electron chi connectivity index (χ4n) is 6.98. The Hall–Kier alpha value is -5.84. The van der Waals surface area contributed by atoms with E-state index in [9.17, 15) is 0 Å². The third-order valence-corrected chi connectivity index (χ3v) is 10.4. The van der Waals surface area contributed by atoms with Crippen molar-refractivity contribution in [1.82, 2.24) is 9.97 Å². The largest absolute Gasteiger partial charge is 0.436 e. The molecule has 3 heterocycles. The predicted octanol–water partition coefficient (Wildman–Crippen LogP) is 12.1. The summed E-state index contributed by atoms with van der Waals surface area (Å²) in [5, 5.41) is 8.23. The summed E-state index contributed by atoms with van der Waals surface area (Å²) in [6, 6.07) is 49.5. The van der Waals surface area contributed by atoms with E-state index in [1.54, 1.807) is 0 Å². The Morgan fingerprint density at radius 2 is 1.15 bits per heavy atom. The van der Waals surface area contributed by atoms with Crippen molar-refractivity contribution < 1.29 is 4.42 Å². The summed E-state index contributed by atoms with van der Waals surface area (Å²) in [7, 11) is 0. The van der Waals surface area contributed by atoms with Crippen molar-refractivity contribution in [2.45, 2.75) is 0 Å². The van der Waals surface area contributed by atoms with Gasteiger partial charge in [0.1, 0.15) is 11.1 Å². The summed E-state index contributed by atoms with van der Waals surface area (Å²) in [6.07, 6.45) is 1.87.